The van der Waals surface area contributed by atoms with Crippen LogP contribution in [0.3, 0.4) is 0 Å². The zero-order chi connectivity index (χ0) is 23.5. The number of H-pyrrole nitrogens is 1. The molecule has 1 heterocycles. The number of nitrogens with one attached hydrogen (secondary N) is 1. The number of para-hydroxylation sites is 1. The Morgan fingerprint density at radius 3 is 2.41 bits per heavy atom. The number of carbonyl (C=O) groups is 2. The van der Waals surface area contributed by atoms with Crippen LogP contribution in [0.25, 0.3) is 21.7 Å². The molecule has 4 aromatic carbocycles. The maximum absolute atomic E-state index is 13.6. The number of rotatable bonds is 7. The normalized spacial score (nSPS) is 11.0. The van der Waals surface area contributed by atoms with E-state index in [0.29, 0.717) is 17.7 Å². The number of hydrogen-bond acceptors (Lipinski definition) is 3. The van der Waals surface area contributed by atoms with E-state index in [1.54, 1.807) is 24.3 Å². The number of ketones is 1. The fourth-order valence-electron chi connectivity index (χ4n) is 4.21. The lowest BCUT2D eigenvalue weighted by atomic mass is 10.0. The Hall–Kier alpha value is -4.38. The van der Waals surface area contributed by atoms with E-state index in [0.717, 1.165) is 33.0 Å². The second-order valence-electron chi connectivity index (χ2n) is 8.25. The van der Waals surface area contributed by atoms with Gasteiger partial charge in [-0.3, -0.25) is 9.59 Å². The number of amides is 1. The predicted molar refractivity (Wildman–Crippen MR) is 134 cm³/mol. The first kappa shape index (κ1) is 21.5. The van der Waals surface area contributed by atoms with Crippen LogP contribution in [0.4, 0.5) is 0 Å². The van der Waals surface area contributed by atoms with Gasteiger partial charge < -0.3 is 14.6 Å². The predicted octanol–water partition coefficient (Wildman–Crippen LogP) is 5.86. The summed E-state index contributed by atoms with van der Waals surface area (Å²) < 4.78 is 5.29. The summed E-state index contributed by atoms with van der Waals surface area (Å²) in [6, 6.07) is 28.7. The fraction of sp³-hybridized carbons (Fsp3) is 0.103. The van der Waals surface area contributed by atoms with Gasteiger partial charge in [-0.1, -0.05) is 66.7 Å². The zero-order valence-corrected chi connectivity index (χ0v) is 18.8. The molecule has 34 heavy (non-hydrogen) atoms. The first-order valence-corrected chi connectivity index (χ1v) is 11.1. The van der Waals surface area contributed by atoms with Gasteiger partial charge in [-0.25, -0.2) is 0 Å². The average molecular weight is 449 g/mol. The number of methoxy groups -OCH3 is 1. The summed E-state index contributed by atoms with van der Waals surface area (Å²) in [5.74, 6) is 0.479. The third-order valence-electron chi connectivity index (χ3n) is 6.03. The number of aromatic amines is 1. The third-order valence-corrected chi connectivity index (χ3v) is 6.03. The number of nitrogens with zero attached hydrogens (tertiary/aromatic N) is 1. The summed E-state index contributed by atoms with van der Waals surface area (Å²) in [5.41, 5.74) is 2.99. The Kier molecular flexibility index (Phi) is 5.83. The molecule has 5 heteroatoms. The van der Waals surface area contributed by atoms with Crippen LogP contribution in [0, 0.1) is 0 Å². The van der Waals surface area contributed by atoms with Crippen molar-refractivity contribution in [2.45, 2.75) is 6.54 Å². The number of hydrogen-bond donors (Lipinski definition) is 1. The van der Waals surface area contributed by atoms with Gasteiger partial charge in [0.15, 0.2) is 5.78 Å². The van der Waals surface area contributed by atoms with Gasteiger partial charge in [0.1, 0.15) is 5.75 Å². The summed E-state index contributed by atoms with van der Waals surface area (Å²) in [6.45, 7) is 0.324. The monoisotopic (exact) mass is 448 g/mol. The highest BCUT2D eigenvalue weighted by Gasteiger charge is 2.22. The maximum atomic E-state index is 13.6. The van der Waals surface area contributed by atoms with Crippen molar-refractivity contribution in [2.24, 2.45) is 0 Å². The van der Waals surface area contributed by atoms with Crippen molar-refractivity contribution in [1.82, 2.24) is 9.88 Å². The lowest BCUT2D eigenvalue weighted by Gasteiger charge is -2.22. The van der Waals surface area contributed by atoms with E-state index >= 15 is 0 Å². The molecule has 0 aliphatic rings. The first-order chi connectivity index (χ1) is 16.6. The average Bonchev–Trinajstić information content (AvgIpc) is 3.32. The largest absolute Gasteiger partial charge is 0.497 e. The molecule has 168 valence electrons. The highest BCUT2D eigenvalue weighted by molar-refractivity contribution is 6.09. The molecule has 1 N–H and O–H groups in total. The quantitative estimate of drug-likeness (QED) is 0.318. The van der Waals surface area contributed by atoms with E-state index in [9.17, 15) is 9.59 Å². The van der Waals surface area contributed by atoms with E-state index in [-0.39, 0.29) is 18.2 Å². The molecule has 5 rings (SSSR count). The summed E-state index contributed by atoms with van der Waals surface area (Å²) in [7, 11) is 1.63. The van der Waals surface area contributed by atoms with Crippen LogP contribution in [0.2, 0.25) is 0 Å². The lowest BCUT2D eigenvalue weighted by Crippen LogP contribution is -2.35. The Balaban J connectivity index is 1.46. The van der Waals surface area contributed by atoms with Gasteiger partial charge >= 0.3 is 0 Å². The van der Waals surface area contributed by atoms with Crippen LogP contribution in [-0.2, 0) is 6.54 Å². The minimum atomic E-state index is -0.180. The van der Waals surface area contributed by atoms with E-state index in [4.69, 9.17) is 4.74 Å². The number of carbonyl (C=O) groups excluding carboxylic acids is 2. The van der Waals surface area contributed by atoms with Crippen molar-refractivity contribution >= 4 is 33.4 Å². The Morgan fingerprint density at radius 1 is 0.853 bits per heavy atom. The van der Waals surface area contributed by atoms with E-state index in [1.165, 1.54) is 0 Å². The summed E-state index contributed by atoms with van der Waals surface area (Å²) in [5, 5.41) is 2.79. The highest BCUT2D eigenvalue weighted by atomic mass is 16.5. The van der Waals surface area contributed by atoms with Crippen molar-refractivity contribution in [3.63, 3.8) is 0 Å². The molecule has 1 amide bonds. The third kappa shape index (κ3) is 4.28. The van der Waals surface area contributed by atoms with Gasteiger partial charge in [0.05, 0.1) is 19.2 Å². The molecule has 0 aliphatic heterocycles. The van der Waals surface area contributed by atoms with Crippen LogP contribution in [-0.4, -0.2) is 35.2 Å². The maximum Gasteiger partial charge on any atom is 0.256 e. The number of fused-ring (bicyclic) bond motifs is 2. The van der Waals surface area contributed by atoms with Crippen molar-refractivity contribution in [3.8, 4) is 5.75 Å². The van der Waals surface area contributed by atoms with Gasteiger partial charge in [-0.05, 0) is 40.6 Å². The minimum Gasteiger partial charge on any atom is -0.497 e. The van der Waals surface area contributed by atoms with Gasteiger partial charge in [-0.15, -0.1) is 0 Å². The Morgan fingerprint density at radius 2 is 1.59 bits per heavy atom. The Bertz CT molecular complexity index is 1490. The van der Waals surface area contributed by atoms with Crippen molar-refractivity contribution < 1.29 is 14.3 Å². The molecule has 0 atom stereocenters. The fourth-order valence-corrected chi connectivity index (χ4v) is 4.21. The highest BCUT2D eigenvalue weighted by Crippen LogP contribution is 2.24. The molecular formula is C29H24N2O3. The molecular weight excluding hydrogens is 424 g/mol. The minimum absolute atomic E-state index is 0.0190. The van der Waals surface area contributed by atoms with Crippen LogP contribution >= 0.6 is 0 Å². The first-order valence-electron chi connectivity index (χ1n) is 11.1. The molecule has 0 bridgehead atoms. The molecule has 0 saturated carbocycles. The van der Waals surface area contributed by atoms with Gasteiger partial charge in [0.2, 0.25) is 0 Å². The topological polar surface area (TPSA) is 62.4 Å². The second-order valence-corrected chi connectivity index (χ2v) is 8.25. The SMILES string of the molecule is COc1ccc2cc(C(=O)CN(Cc3ccccc3)C(=O)c3c[nH]c4ccccc34)ccc2c1. The van der Waals surface area contributed by atoms with Crippen LogP contribution < -0.4 is 4.74 Å². The van der Waals surface area contributed by atoms with Gasteiger partial charge in [-0.2, -0.15) is 0 Å². The molecule has 0 aliphatic carbocycles. The van der Waals surface area contributed by atoms with Crippen LogP contribution in [0.5, 0.6) is 5.75 Å². The summed E-state index contributed by atoms with van der Waals surface area (Å²) in [4.78, 5) is 31.7. The number of ether oxygens (including phenoxy) is 1. The smallest absolute Gasteiger partial charge is 0.256 e. The molecule has 0 spiro atoms. The molecule has 0 saturated heterocycles. The Labute approximate surface area is 197 Å². The number of aromatic nitrogens is 1. The van der Waals surface area contributed by atoms with E-state index in [1.807, 2.05) is 84.9 Å². The van der Waals surface area contributed by atoms with Crippen molar-refractivity contribution in [1.29, 1.82) is 0 Å². The lowest BCUT2D eigenvalue weighted by molar-refractivity contribution is 0.0699. The zero-order valence-electron chi connectivity index (χ0n) is 18.8. The molecule has 0 radical (unpaired) electrons. The van der Waals surface area contributed by atoms with Crippen LogP contribution in [0.1, 0.15) is 26.3 Å². The van der Waals surface area contributed by atoms with Crippen LogP contribution in [0.15, 0.2) is 97.2 Å². The second kappa shape index (κ2) is 9.24. The number of Topliss-reactive ketones (excluding diaryl/α,β-unsaturated/α-hetero) is 1. The van der Waals surface area contributed by atoms with Crippen molar-refractivity contribution in [2.75, 3.05) is 13.7 Å². The van der Waals surface area contributed by atoms with Crippen molar-refractivity contribution in [3.05, 3.63) is 114 Å². The van der Waals surface area contributed by atoms with E-state index < -0.39 is 0 Å². The molecule has 0 fully saturated rings. The summed E-state index contributed by atoms with van der Waals surface area (Å²) >= 11 is 0. The number of benzene rings is 4. The molecule has 1 aromatic heterocycles. The van der Waals surface area contributed by atoms with Gasteiger partial charge in [0, 0.05) is 29.2 Å². The standard InChI is InChI=1S/C29H24N2O3/c1-34-24-14-13-21-15-23(12-11-22(21)16-24)28(32)19-31(18-20-7-3-2-4-8-20)29(33)26-17-30-27-10-6-5-9-25(26)27/h2-17,30H,18-19H2,1H3. The molecule has 0 unspecified atom stereocenters. The van der Waals surface area contributed by atoms with Gasteiger partial charge in [0.25, 0.3) is 5.91 Å². The summed E-state index contributed by atoms with van der Waals surface area (Å²) in [6.07, 6.45) is 1.72. The molecule has 5 nitrogen and oxygen atoms in total. The molecule has 5 aromatic rings. The van der Waals surface area contributed by atoms with E-state index in [2.05, 4.69) is 4.98 Å².